The summed E-state index contributed by atoms with van der Waals surface area (Å²) in [5.74, 6) is -0.359. The molecule has 3 aromatic rings. The number of thiophene rings is 1. The summed E-state index contributed by atoms with van der Waals surface area (Å²) in [6, 6.07) is 15.3. The van der Waals surface area contributed by atoms with Gasteiger partial charge in [0.25, 0.3) is 0 Å². The average Bonchev–Trinajstić information content (AvgIpc) is 2.86. The topological polar surface area (TPSA) is 0 Å². The third-order valence-corrected chi connectivity index (χ3v) is 3.94. The Labute approximate surface area is 135 Å². The molecular formula is C18H20ClFS. The Kier molecular flexibility index (Phi) is 7.41. The van der Waals surface area contributed by atoms with Crippen LogP contribution in [0.2, 0.25) is 5.02 Å². The van der Waals surface area contributed by atoms with Gasteiger partial charge in [-0.1, -0.05) is 49.7 Å². The fraction of sp³-hybridized carbons (Fsp3) is 0.222. The van der Waals surface area contributed by atoms with Gasteiger partial charge in [0.1, 0.15) is 5.82 Å². The molecule has 3 rings (SSSR count). The SMILES string of the molecule is CC.Cc1cc2ccccc2s1.Cc1ccc(F)c(Cl)c1. The van der Waals surface area contributed by atoms with Crippen LogP contribution in [0.5, 0.6) is 0 Å². The van der Waals surface area contributed by atoms with Gasteiger partial charge in [-0.2, -0.15) is 0 Å². The molecule has 0 bridgehead atoms. The number of benzene rings is 2. The first-order chi connectivity index (χ1) is 10.1. The molecule has 3 heteroatoms. The molecule has 1 heterocycles. The highest BCUT2D eigenvalue weighted by atomic mass is 35.5. The summed E-state index contributed by atoms with van der Waals surface area (Å²) in [5.41, 5.74) is 0.974. The standard InChI is InChI=1S/C9H8S.C7H6ClF.C2H6/c1-7-6-8-4-2-3-5-9(8)10-7;1-5-2-3-7(9)6(8)4-5;1-2/h2-6H,1H3;2-4H,1H3;1-2H3. The van der Waals surface area contributed by atoms with Gasteiger partial charge >= 0.3 is 0 Å². The second-order valence-corrected chi connectivity index (χ2v) is 6.01. The van der Waals surface area contributed by atoms with E-state index in [4.69, 9.17) is 11.6 Å². The van der Waals surface area contributed by atoms with Crippen molar-refractivity contribution < 1.29 is 4.39 Å². The summed E-state index contributed by atoms with van der Waals surface area (Å²) in [6.07, 6.45) is 0. The summed E-state index contributed by atoms with van der Waals surface area (Å²) >= 11 is 7.29. The fourth-order valence-electron chi connectivity index (χ4n) is 1.72. The highest BCUT2D eigenvalue weighted by Gasteiger charge is 1.95. The Morgan fingerprint density at radius 1 is 0.952 bits per heavy atom. The Hall–Kier alpha value is -1.38. The van der Waals surface area contributed by atoms with E-state index in [2.05, 4.69) is 37.3 Å². The van der Waals surface area contributed by atoms with Crippen LogP contribution in [0.25, 0.3) is 10.1 Å². The second-order valence-electron chi connectivity index (χ2n) is 4.31. The van der Waals surface area contributed by atoms with E-state index < -0.39 is 0 Å². The van der Waals surface area contributed by atoms with Crippen molar-refractivity contribution in [1.82, 2.24) is 0 Å². The average molecular weight is 323 g/mol. The Bertz CT molecular complexity index is 656. The molecule has 0 saturated heterocycles. The van der Waals surface area contributed by atoms with Crippen LogP contribution in [0.4, 0.5) is 4.39 Å². The van der Waals surface area contributed by atoms with Crippen LogP contribution < -0.4 is 0 Å². The largest absolute Gasteiger partial charge is 0.205 e. The molecule has 0 radical (unpaired) electrons. The predicted molar refractivity (Wildman–Crippen MR) is 94.1 cm³/mol. The molecule has 0 unspecified atom stereocenters. The summed E-state index contributed by atoms with van der Waals surface area (Å²) in [6.45, 7) is 8.01. The smallest absolute Gasteiger partial charge is 0.141 e. The Balaban J connectivity index is 0.000000189. The van der Waals surface area contributed by atoms with Crippen LogP contribution in [0.3, 0.4) is 0 Å². The molecule has 21 heavy (non-hydrogen) atoms. The molecule has 0 atom stereocenters. The van der Waals surface area contributed by atoms with Gasteiger partial charge in [0.2, 0.25) is 0 Å². The number of halogens is 2. The van der Waals surface area contributed by atoms with Crippen molar-refractivity contribution in [2.75, 3.05) is 0 Å². The van der Waals surface area contributed by atoms with Gasteiger partial charge in [0.05, 0.1) is 5.02 Å². The van der Waals surface area contributed by atoms with Crippen LogP contribution in [0.1, 0.15) is 24.3 Å². The maximum absolute atomic E-state index is 12.4. The molecule has 0 fully saturated rings. The summed E-state index contributed by atoms with van der Waals surface area (Å²) in [4.78, 5) is 1.39. The van der Waals surface area contributed by atoms with E-state index in [9.17, 15) is 4.39 Å². The van der Waals surface area contributed by atoms with Crippen LogP contribution in [0.15, 0.2) is 48.5 Å². The maximum atomic E-state index is 12.4. The number of rotatable bonds is 0. The van der Waals surface area contributed by atoms with E-state index in [0.717, 1.165) is 5.56 Å². The highest BCUT2D eigenvalue weighted by molar-refractivity contribution is 7.19. The molecule has 0 saturated carbocycles. The molecule has 0 N–H and O–H groups in total. The van der Waals surface area contributed by atoms with E-state index in [-0.39, 0.29) is 10.8 Å². The van der Waals surface area contributed by atoms with E-state index in [1.54, 1.807) is 12.1 Å². The number of hydrogen-bond donors (Lipinski definition) is 0. The van der Waals surface area contributed by atoms with Gasteiger partial charge in [-0.25, -0.2) is 4.39 Å². The third-order valence-electron chi connectivity index (χ3n) is 2.62. The number of aryl methyl sites for hydroxylation is 2. The van der Waals surface area contributed by atoms with Crippen LogP contribution in [-0.2, 0) is 0 Å². The first-order valence-corrected chi connectivity index (χ1v) is 8.12. The molecule has 0 aliphatic heterocycles. The highest BCUT2D eigenvalue weighted by Crippen LogP contribution is 2.23. The molecule has 2 aromatic carbocycles. The summed E-state index contributed by atoms with van der Waals surface area (Å²) in [7, 11) is 0. The minimum Gasteiger partial charge on any atom is -0.205 e. The maximum Gasteiger partial charge on any atom is 0.141 e. The lowest BCUT2D eigenvalue weighted by molar-refractivity contribution is 0.628. The van der Waals surface area contributed by atoms with Gasteiger partial charge in [0.15, 0.2) is 0 Å². The van der Waals surface area contributed by atoms with Crippen molar-refractivity contribution in [3.63, 3.8) is 0 Å². The molecule has 0 aliphatic rings. The zero-order chi connectivity index (χ0) is 15.8. The first-order valence-electron chi connectivity index (χ1n) is 6.93. The predicted octanol–water partition coefficient (Wildman–Crippen LogP) is 7.02. The zero-order valence-corrected chi connectivity index (χ0v) is 14.4. The van der Waals surface area contributed by atoms with Gasteiger partial charge in [-0.15, -0.1) is 11.3 Å². The number of hydrogen-bond acceptors (Lipinski definition) is 1. The Morgan fingerprint density at radius 2 is 1.62 bits per heavy atom. The first kappa shape index (κ1) is 17.7. The quantitative estimate of drug-likeness (QED) is 0.417. The number of fused-ring (bicyclic) bond motifs is 1. The minimum absolute atomic E-state index is 0.190. The van der Waals surface area contributed by atoms with E-state index >= 15 is 0 Å². The second kappa shape index (κ2) is 8.81. The lowest BCUT2D eigenvalue weighted by atomic mass is 10.2. The fourth-order valence-corrected chi connectivity index (χ4v) is 2.88. The van der Waals surface area contributed by atoms with E-state index in [0.29, 0.717) is 0 Å². The van der Waals surface area contributed by atoms with Gasteiger partial charge < -0.3 is 0 Å². The van der Waals surface area contributed by atoms with Gasteiger partial charge in [0, 0.05) is 9.58 Å². The van der Waals surface area contributed by atoms with Crippen molar-refractivity contribution in [1.29, 1.82) is 0 Å². The third kappa shape index (κ3) is 5.49. The monoisotopic (exact) mass is 322 g/mol. The molecular weight excluding hydrogens is 303 g/mol. The van der Waals surface area contributed by atoms with Gasteiger partial charge in [-0.3, -0.25) is 0 Å². The molecule has 1 aromatic heterocycles. The van der Waals surface area contributed by atoms with Crippen LogP contribution >= 0.6 is 22.9 Å². The summed E-state index contributed by atoms with van der Waals surface area (Å²) in [5, 5.41) is 1.56. The lowest BCUT2D eigenvalue weighted by Gasteiger charge is -1.93. The van der Waals surface area contributed by atoms with Crippen LogP contribution in [-0.4, -0.2) is 0 Å². The van der Waals surface area contributed by atoms with Crippen molar-refractivity contribution >= 4 is 33.0 Å². The van der Waals surface area contributed by atoms with Crippen molar-refractivity contribution in [3.05, 3.63) is 69.8 Å². The summed E-state index contributed by atoms with van der Waals surface area (Å²) < 4.78 is 13.8. The zero-order valence-electron chi connectivity index (χ0n) is 12.8. The normalized spacial score (nSPS) is 9.43. The Morgan fingerprint density at radius 3 is 2.19 bits per heavy atom. The lowest BCUT2D eigenvalue weighted by Crippen LogP contribution is -1.76. The molecule has 0 amide bonds. The van der Waals surface area contributed by atoms with Crippen molar-refractivity contribution in [2.24, 2.45) is 0 Å². The van der Waals surface area contributed by atoms with Crippen LogP contribution in [0, 0.1) is 19.7 Å². The molecule has 0 aliphatic carbocycles. The van der Waals surface area contributed by atoms with E-state index in [1.807, 2.05) is 32.1 Å². The molecule has 0 nitrogen and oxygen atoms in total. The molecule has 112 valence electrons. The van der Waals surface area contributed by atoms with E-state index in [1.165, 1.54) is 21.0 Å². The minimum atomic E-state index is -0.359. The molecule has 0 spiro atoms. The van der Waals surface area contributed by atoms with Crippen molar-refractivity contribution in [3.8, 4) is 0 Å². The van der Waals surface area contributed by atoms with Crippen molar-refractivity contribution in [2.45, 2.75) is 27.7 Å². The van der Waals surface area contributed by atoms with Gasteiger partial charge in [-0.05, 0) is 49.1 Å².